The van der Waals surface area contributed by atoms with Gasteiger partial charge < -0.3 is 5.32 Å². The lowest BCUT2D eigenvalue weighted by Crippen LogP contribution is -2.24. The Morgan fingerprint density at radius 1 is 1.16 bits per heavy atom. The molecule has 1 aromatic carbocycles. The maximum Gasteiger partial charge on any atom is 0.263 e. The summed E-state index contributed by atoms with van der Waals surface area (Å²) < 4.78 is 1.22. The maximum absolute atomic E-state index is 12.4. The van der Waals surface area contributed by atoms with Gasteiger partial charge in [0.25, 0.3) is 5.91 Å². The van der Waals surface area contributed by atoms with Crippen LogP contribution in [0.3, 0.4) is 0 Å². The van der Waals surface area contributed by atoms with Crippen molar-refractivity contribution in [3.63, 3.8) is 0 Å². The number of hydrogen-bond acceptors (Lipinski definition) is 5. The molecular formula is C19H23N3OS2. The van der Waals surface area contributed by atoms with Crippen LogP contribution in [0.4, 0.5) is 0 Å². The van der Waals surface area contributed by atoms with E-state index < -0.39 is 0 Å². The Balaban J connectivity index is 1.53. The third-order valence-electron chi connectivity index (χ3n) is 3.84. The number of benzene rings is 1. The fourth-order valence-corrected chi connectivity index (χ4v) is 4.53. The largest absolute Gasteiger partial charge is 0.351 e. The first-order chi connectivity index (χ1) is 11.8. The van der Waals surface area contributed by atoms with Crippen molar-refractivity contribution in [2.75, 3.05) is 6.54 Å². The first-order valence-electron chi connectivity index (χ1n) is 8.45. The second kappa shape index (κ2) is 7.22. The van der Waals surface area contributed by atoms with E-state index in [1.165, 1.54) is 16.0 Å². The molecule has 6 heteroatoms. The van der Waals surface area contributed by atoms with Crippen LogP contribution in [0.1, 0.15) is 52.6 Å². The lowest BCUT2D eigenvalue weighted by atomic mass is 9.98. The smallest absolute Gasteiger partial charge is 0.263 e. The molecule has 4 nitrogen and oxygen atoms in total. The Labute approximate surface area is 156 Å². The molecule has 0 aliphatic heterocycles. The van der Waals surface area contributed by atoms with Crippen LogP contribution in [0.25, 0.3) is 10.2 Å². The van der Waals surface area contributed by atoms with Crippen molar-refractivity contribution in [2.24, 2.45) is 0 Å². The van der Waals surface area contributed by atoms with Crippen molar-refractivity contribution < 1.29 is 4.79 Å². The number of carbonyl (C=O) groups is 1. The van der Waals surface area contributed by atoms with Crippen LogP contribution in [0.5, 0.6) is 0 Å². The Bertz CT molecular complexity index is 857. The Morgan fingerprint density at radius 2 is 1.92 bits per heavy atom. The summed E-state index contributed by atoms with van der Waals surface area (Å²) in [5, 5.41) is 5.15. The van der Waals surface area contributed by atoms with E-state index in [0.717, 1.165) is 38.9 Å². The minimum atomic E-state index is -0.0270. The molecule has 2 aromatic heterocycles. The van der Waals surface area contributed by atoms with Crippen molar-refractivity contribution in [2.45, 2.75) is 46.0 Å². The molecule has 0 aliphatic carbocycles. The predicted octanol–water partition coefficient (Wildman–Crippen LogP) is 4.72. The Kier molecular flexibility index (Phi) is 5.20. The van der Waals surface area contributed by atoms with Gasteiger partial charge in [-0.2, -0.15) is 0 Å². The van der Waals surface area contributed by atoms with Crippen LogP contribution < -0.4 is 5.32 Å². The van der Waals surface area contributed by atoms with Crippen LogP contribution >= 0.6 is 22.7 Å². The molecule has 0 fully saturated rings. The number of aryl methyl sites for hydroxylation is 2. The van der Waals surface area contributed by atoms with Crippen LogP contribution in [0.15, 0.2) is 24.3 Å². The van der Waals surface area contributed by atoms with E-state index in [0.29, 0.717) is 6.54 Å². The lowest BCUT2D eigenvalue weighted by Gasteiger charge is -2.13. The van der Waals surface area contributed by atoms with Gasteiger partial charge in [0, 0.05) is 18.4 Å². The van der Waals surface area contributed by atoms with Gasteiger partial charge in [-0.25, -0.2) is 9.97 Å². The molecule has 1 N–H and O–H groups in total. The summed E-state index contributed by atoms with van der Waals surface area (Å²) in [7, 11) is 0. The van der Waals surface area contributed by atoms with Crippen LogP contribution in [-0.2, 0) is 11.8 Å². The molecular weight excluding hydrogens is 350 g/mol. The molecule has 0 radical (unpaired) electrons. The van der Waals surface area contributed by atoms with Crippen LogP contribution in [-0.4, -0.2) is 22.4 Å². The van der Waals surface area contributed by atoms with E-state index in [1.54, 1.807) is 11.3 Å². The van der Waals surface area contributed by atoms with Gasteiger partial charge in [-0.3, -0.25) is 4.79 Å². The summed E-state index contributed by atoms with van der Waals surface area (Å²) in [6, 6.07) is 8.18. The molecule has 0 atom stereocenters. The zero-order valence-electron chi connectivity index (χ0n) is 15.0. The number of thiazole rings is 2. The van der Waals surface area contributed by atoms with E-state index in [1.807, 2.05) is 25.1 Å². The number of fused-ring (bicyclic) bond motifs is 1. The molecule has 132 valence electrons. The highest BCUT2D eigenvalue weighted by Crippen LogP contribution is 2.29. The molecule has 0 saturated heterocycles. The number of nitrogens with one attached hydrogen (secondary N) is 1. The second-order valence-corrected chi connectivity index (χ2v) is 9.23. The molecule has 0 spiro atoms. The third-order valence-corrected chi connectivity index (χ3v) is 6.51. The van der Waals surface area contributed by atoms with Crippen molar-refractivity contribution in [3.05, 3.63) is 44.9 Å². The molecule has 0 saturated carbocycles. The van der Waals surface area contributed by atoms with Gasteiger partial charge in [-0.05, 0) is 25.5 Å². The summed E-state index contributed by atoms with van der Waals surface area (Å²) in [6.45, 7) is 8.90. The SMILES string of the molecule is Cc1nc(C(C)(C)C)sc1C(=O)NCCCc1nc2ccccc2s1. The number of hydrogen-bond donors (Lipinski definition) is 1. The normalized spacial score (nSPS) is 11.8. The highest BCUT2D eigenvalue weighted by atomic mass is 32.1. The summed E-state index contributed by atoms with van der Waals surface area (Å²) in [6.07, 6.45) is 1.77. The third kappa shape index (κ3) is 4.25. The average Bonchev–Trinajstić information content (AvgIpc) is 3.14. The first kappa shape index (κ1) is 18.0. The minimum absolute atomic E-state index is 0.0187. The highest BCUT2D eigenvalue weighted by molar-refractivity contribution is 7.18. The minimum Gasteiger partial charge on any atom is -0.351 e. The van der Waals surface area contributed by atoms with E-state index >= 15 is 0 Å². The fourth-order valence-electron chi connectivity index (χ4n) is 2.48. The van der Waals surface area contributed by atoms with E-state index in [9.17, 15) is 4.79 Å². The molecule has 0 unspecified atom stereocenters. The van der Waals surface area contributed by atoms with E-state index in [4.69, 9.17) is 0 Å². The molecule has 3 rings (SSSR count). The predicted molar refractivity (Wildman–Crippen MR) is 106 cm³/mol. The van der Waals surface area contributed by atoms with Gasteiger partial charge in [0.1, 0.15) is 4.88 Å². The first-order valence-corrected chi connectivity index (χ1v) is 10.1. The zero-order chi connectivity index (χ0) is 18.0. The van der Waals surface area contributed by atoms with Gasteiger partial charge in [-0.15, -0.1) is 22.7 Å². The average molecular weight is 374 g/mol. The summed E-state index contributed by atoms with van der Waals surface area (Å²) in [5.41, 5.74) is 1.85. The number of aromatic nitrogens is 2. The van der Waals surface area contributed by atoms with Crippen molar-refractivity contribution >= 4 is 38.8 Å². The van der Waals surface area contributed by atoms with Gasteiger partial charge in [0.2, 0.25) is 0 Å². The topological polar surface area (TPSA) is 54.9 Å². The van der Waals surface area contributed by atoms with Gasteiger partial charge >= 0.3 is 0 Å². The Hall–Kier alpha value is -1.79. The molecule has 3 aromatic rings. The standard InChI is InChI=1S/C19H23N3OS2/c1-12-16(25-18(21-12)19(2,3)4)17(23)20-11-7-10-15-22-13-8-5-6-9-14(13)24-15/h5-6,8-9H,7,10-11H2,1-4H3,(H,20,23). The summed E-state index contributed by atoms with van der Waals surface area (Å²) in [5.74, 6) is -0.0187. The monoisotopic (exact) mass is 373 g/mol. The number of carbonyl (C=O) groups excluding carboxylic acids is 1. The number of amides is 1. The van der Waals surface area contributed by atoms with Gasteiger partial charge in [0.15, 0.2) is 0 Å². The lowest BCUT2D eigenvalue weighted by molar-refractivity contribution is 0.0956. The molecule has 1 amide bonds. The summed E-state index contributed by atoms with van der Waals surface area (Å²) in [4.78, 5) is 22.3. The van der Waals surface area contributed by atoms with Crippen molar-refractivity contribution in [1.82, 2.24) is 15.3 Å². The van der Waals surface area contributed by atoms with Crippen LogP contribution in [0.2, 0.25) is 0 Å². The highest BCUT2D eigenvalue weighted by Gasteiger charge is 2.22. The van der Waals surface area contributed by atoms with Gasteiger partial charge in [0.05, 0.1) is 25.9 Å². The summed E-state index contributed by atoms with van der Waals surface area (Å²) >= 11 is 3.23. The van der Waals surface area contributed by atoms with E-state index in [2.05, 4.69) is 42.1 Å². The van der Waals surface area contributed by atoms with Crippen LogP contribution in [0, 0.1) is 6.92 Å². The Morgan fingerprint density at radius 3 is 2.60 bits per heavy atom. The molecule has 0 aliphatic rings. The number of para-hydroxylation sites is 1. The second-order valence-electron chi connectivity index (χ2n) is 7.12. The molecule has 0 bridgehead atoms. The maximum atomic E-state index is 12.4. The number of nitrogens with zero attached hydrogens (tertiary/aromatic N) is 2. The fraction of sp³-hybridized carbons (Fsp3) is 0.421. The van der Waals surface area contributed by atoms with Crippen molar-refractivity contribution in [3.8, 4) is 0 Å². The quantitative estimate of drug-likeness (QED) is 0.658. The number of rotatable bonds is 5. The molecule has 25 heavy (non-hydrogen) atoms. The van der Waals surface area contributed by atoms with Crippen molar-refractivity contribution in [1.29, 1.82) is 0 Å². The molecule has 2 heterocycles. The van der Waals surface area contributed by atoms with E-state index in [-0.39, 0.29) is 11.3 Å². The zero-order valence-corrected chi connectivity index (χ0v) is 16.7. The van der Waals surface area contributed by atoms with Gasteiger partial charge in [-0.1, -0.05) is 32.9 Å².